The second-order valence-electron chi connectivity index (χ2n) is 8.57. The van der Waals surface area contributed by atoms with Gasteiger partial charge >= 0.3 is 0 Å². The summed E-state index contributed by atoms with van der Waals surface area (Å²) in [5.41, 5.74) is 1.06. The minimum atomic E-state index is -0.0544. The first-order chi connectivity index (χ1) is 14.3. The Kier molecular flexibility index (Phi) is 7.31. The Hall–Kier alpha value is -2.61. The van der Waals surface area contributed by atoms with Crippen LogP contribution in [0.2, 0.25) is 0 Å². The average Bonchev–Trinajstić information content (AvgIpc) is 3.20. The van der Waals surface area contributed by atoms with Crippen molar-refractivity contribution in [2.45, 2.75) is 59.2 Å². The van der Waals surface area contributed by atoms with E-state index < -0.39 is 0 Å². The monoisotopic (exact) mass is 414 g/mol. The molecule has 3 rings (SSSR count). The van der Waals surface area contributed by atoms with E-state index in [0.717, 1.165) is 49.3 Å². The minimum absolute atomic E-state index is 0.0544. The summed E-state index contributed by atoms with van der Waals surface area (Å²) < 4.78 is 11.5. The van der Waals surface area contributed by atoms with Gasteiger partial charge in [0, 0.05) is 31.2 Å². The molecule has 164 valence electrons. The number of hydrogen-bond donors (Lipinski definition) is 2. The highest BCUT2D eigenvalue weighted by molar-refractivity contribution is 5.79. The first-order valence-corrected chi connectivity index (χ1v) is 10.6. The lowest BCUT2D eigenvalue weighted by Gasteiger charge is -2.32. The Bertz CT molecular complexity index is 842. The second-order valence-corrected chi connectivity index (χ2v) is 8.57. The topological polar surface area (TPSA) is 87.8 Å². The largest absolute Gasteiger partial charge is 0.443 e. The zero-order chi connectivity index (χ0) is 21.6. The van der Waals surface area contributed by atoms with Crippen molar-refractivity contribution in [2.24, 2.45) is 4.99 Å². The molecule has 1 unspecified atom stereocenters. The number of nitrogens with zero attached hydrogens (tertiary/aromatic N) is 4. The van der Waals surface area contributed by atoms with E-state index in [2.05, 4.69) is 59.3 Å². The van der Waals surface area contributed by atoms with Crippen molar-refractivity contribution in [3.8, 4) is 0 Å². The SMILES string of the molecule is CCNC(=NCc1ccnc(N2CCOC(C)C2)c1)NCc1ncc(C(C)(C)C)o1. The van der Waals surface area contributed by atoms with Gasteiger partial charge in [-0.05, 0) is 31.5 Å². The molecule has 8 nitrogen and oxygen atoms in total. The molecule has 0 aromatic carbocycles. The van der Waals surface area contributed by atoms with Crippen LogP contribution in [0.1, 0.15) is 51.8 Å². The van der Waals surface area contributed by atoms with E-state index in [-0.39, 0.29) is 11.5 Å². The predicted octanol–water partition coefficient (Wildman–Crippen LogP) is 2.85. The van der Waals surface area contributed by atoms with Gasteiger partial charge in [-0.25, -0.2) is 15.0 Å². The maximum absolute atomic E-state index is 5.85. The number of aliphatic imine (C=N–C) groups is 1. The lowest BCUT2D eigenvalue weighted by molar-refractivity contribution is 0.0529. The molecule has 8 heteroatoms. The Labute approximate surface area is 179 Å². The van der Waals surface area contributed by atoms with Crippen LogP contribution >= 0.6 is 0 Å². The molecule has 1 aliphatic heterocycles. The molecule has 1 atom stereocenters. The van der Waals surface area contributed by atoms with Crippen LogP contribution in [-0.2, 0) is 23.2 Å². The highest BCUT2D eigenvalue weighted by Crippen LogP contribution is 2.22. The molecule has 0 aliphatic carbocycles. The van der Waals surface area contributed by atoms with Crippen LogP contribution in [-0.4, -0.2) is 48.3 Å². The van der Waals surface area contributed by atoms with Crippen LogP contribution in [0.3, 0.4) is 0 Å². The van der Waals surface area contributed by atoms with E-state index in [4.69, 9.17) is 14.1 Å². The third-order valence-electron chi connectivity index (χ3n) is 4.84. The maximum atomic E-state index is 5.85. The van der Waals surface area contributed by atoms with Gasteiger partial charge in [0.1, 0.15) is 11.6 Å². The summed E-state index contributed by atoms with van der Waals surface area (Å²) in [5.74, 6) is 3.23. The Morgan fingerprint density at radius 1 is 1.30 bits per heavy atom. The molecule has 2 N–H and O–H groups in total. The second kappa shape index (κ2) is 9.93. The van der Waals surface area contributed by atoms with E-state index >= 15 is 0 Å². The molecule has 1 saturated heterocycles. The zero-order valence-electron chi connectivity index (χ0n) is 18.7. The van der Waals surface area contributed by atoms with Crippen molar-refractivity contribution >= 4 is 11.8 Å². The van der Waals surface area contributed by atoms with Crippen LogP contribution in [0.4, 0.5) is 5.82 Å². The summed E-state index contributed by atoms with van der Waals surface area (Å²) in [7, 11) is 0. The van der Waals surface area contributed by atoms with Gasteiger partial charge < -0.3 is 24.7 Å². The first kappa shape index (κ1) is 22.1. The fourth-order valence-electron chi connectivity index (χ4n) is 3.17. The number of ether oxygens (including phenoxy) is 1. The maximum Gasteiger partial charge on any atom is 0.213 e. The number of morpholine rings is 1. The number of anilines is 1. The van der Waals surface area contributed by atoms with E-state index in [1.54, 1.807) is 6.20 Å². The molecule has 2 aromatic rings. The van der Waals surface area contributed by atoms with Gasteiger partial charge in [-0.1, -0.05) is 20.8 Å². The minimum Gasteiger partial charge on any atom is -0.443 e. The van der Waals surface area contributed by atoms with Gasteiger partial charge in [-0.2, -0.15) is 0 Å². The highest BCUT2D eigenvalue weighted by atomic mass is 16.5. The van der Waals surface area contributed by atoms with E-state index in [9.17, 15) is 0 Å². The van der Waals surface area contributed by atoms with Gasteiger partial charge in [0.15, 0.2) is 5.96 Å². The number of hydrogen-bond acceptors (Lipinski definition) is 6. The molecule has 0 amide bonds. The number of pyridine rings is 1. The Morgan fingerprint density at radius 2 is 2.13 bits per heavy atom. The summed E-state index contributed by atoms with van der Waals surface area (Å²) in [6.45, 7) is 14.7. The third-order valence-corrected chi connectivity index (χ3v) is 4.84. The van der Waals surface area contributed by atoms with Gasteiger partial charge in [0.2, 0.25) is 5.89 Å². The molecule has 30 heavy (non-hydrogen) atoms. The molecular weight excluding hydrogens is 380 g/mol. The summed E-state index contributed by atoms with van der Waals surface area (Å²) in [6, 6.07) is 4.11. The smallest absolute Gasteiger partial charge is 0.213 e. The van der Waals surface area contributed by atoms with Gasteiger partial charge in [0.25, 0.3) is 0 Å². The Balaban J connectivity index is 1.61. The lowest BCUT2D eigenvalue weighted by atomic mass is 9.94. The fraction of sp³-hybridized carbons (Fsp3) is 0.591. The van der Waals surface area contributed by atoms with Gasteiger partial charge in [0.05, 0.1) is 32.0 Å². The summed E-state index contributed by atoms with van der Waals surface area (Å²) in [4.78, 5) is 15.9. The van der Waals surface area contributed by atoms with E-state index in [0.29, 0.717) is 19.0 Å². The van der Waals surface area contributed by atoms with Gasteiger partial charge in [-0.3, -0.25) is 0 Å². The molecule has 0 bridgehead atoms. The number of rotatable bonds is 6. The molecule has 1 aliphatic rings. The molecule has 0 spiro atoms. The normalized spacial score (nSPS) is 17.8. The standard InChI is InChI=1S/C22H34N6O2/c1-6-23-21(27-14-20-25-13-18(30-20)22(3,4)5)26-12-17-7-8-24-19(11-17)28-9-10-29-16(2)15-28/h7-8,11,13,16H,6,9-10,12,14-15H2,1-5H3,(H2,23,26,27). The predicted molar refractivity (Wildman–Crippen MR) is 119 cm³/mol. The van der Waals surface area contributed by atoms with Crippen LogP contribution in [0.15, 0.2) is 33.9 Å². The number of oxazole rings is 1. The first-order valence-electron chi connectivity index (χ1n) is 10.6. The molecule has 1 fully saturated rings. The third kappa shape index (κ3) is 6.19. The van der Waals surface area contributed by atoms with Gasteiger partial charge in [-0.15, -0.1) is 0 Å². The summed E-state index contributed by atoms with van der Waals surface area (Å²) in [5, 5.41) is 6.57. The number of aromatic nitrogens is 2. The van der Waals surface area contributed by atoms with Crippen molar-refractivity contribution in [2.75, 3.05) is 31.1 Å². The summed E-state index contributed by atoms with van der Waals surface area (Å²) in [6.07, 6.45) is 3.87. The van der Waals surface area contributed by atoms with Crippen LogP contribution in [0.25, 0.3) is 0 Å². The average molecular weight is 415 g/mol. The number of nitrogens with one attached hydrogen (secondary N) is 2. The highest BCUT2D eigenvalue weighted by Gasteiger charge is 2.19. The van der Waals surface area contributed by atoms with Crippen LogP contribution in [0, 0.1) is 0 Å². The number of guanidine groups is 1. The van der Waals surface area contributed by atoms with Crippen molar-refractivity contribution in [3.63, 3.8) is 0 Å². The lowest BCUT2D eigenvalue weighted by Crippen LogP contribution is -2.41. The van der Waals surface area contributed by atoms with Crippen molar-refractivity contribution in [1.82, 2.24) is 20.6 Å². The quantitative estimate of drug-likeness (QED) is 0.555. The van der Waals surface area contributed by atoms with Crippen molar-refractivity contribution in [3.05, 3.63) is 41.7 Å². The van der Waals surface area contributed by atoms with E-state index in [1.165, 1.54) is 0 Å². The van der Waals surface area contributed by atoms with Crippen LogP contribution in [0.5, 0.6) is 0 Å². The summed E-state index contributed by atoms with van der Waals surface area (Å²) >= 11 is 0. The van der Waals surface area contributed by atoms with Crippen molar-refractivity contribution < 1.29 is 9.15 Å². The van der Waals surface area contributed by atoms with Crippen LogP contribution < -0.4 is 15.5 Å². The molecule has 0 radical (unpaired) electrons. The molecule has 3 heterocycles. The fourth-order valence-corrected chi connectivity index (χ4v) is 3.17. The molecular formula is C22H34N6O2. The molecule has 2 aromatic heterocycles. The van der Waals surface area contributed by atoms with E-state index in [1.807, 2.05) is 19.2 Å². The molecule has 0 saturated carbocycles. The van der Waals surface area contributed by atoms with Crippen molar-refractivity contribution in [1.29, 1.82) is 0 Å². The Morgan fingerprint density at radius 3 is 2.83 bits per heavy atom. The zero-order valence-corrected chi connectivity index (χ0v) is 18.7.